The molecule has 0 saturated heterocycles. The lowest BCUT2D eigenvalue weighted by atomic mass is 9.77. The van der Waals surface area contributed by atoms with Crippen LogP contribution in [0.1, 0.15) is 38.8 Å². The molecular formula is C32H30ClF3N2O2S. The van der Waals surface area contributed by atoms with Crippen LogP contribution >= 0.6 is 23.4 Å². The van der Waals surface area contributed by atoms with Crippen molar-refractivity contribution < 1.29 is 22.6 Å². The Morgan fingerprint density at radius 3 is 2.32 bits per heavy atom. The molecule has 9 heteroatoms. The first kappa shape index (κ1) is 30.4. The fraction of sp³-hybridized carbons (Fsp3) is 0.281. The molecule has 0 aliphatic carbocycles. The van der Waals surface area contributed by atoms with Crippen LogP contribution < -0.4 is 14.4 Å². The molecular weight excluding hydrogens is 569 g/mol. The van der Waals surface area contributed by atoms with Crippen LogP contribution in [0.3, 0.4) is 0 Å². The number of thioether (sulfide) groups is 1. The first-order valence-electron chi connectivity index (χ1n) is 12.9. The van der Waals surface area contributed by atoms with Crippen LogP contribution in [0.25, 0.3) is 0 Å². The number of nitrogens with zero attached hydrogens (tertiary/aromatic N) is 2. The Morgan fingerprint density at radius 1 is 1.05 bits per heavy atom. The third-order valence-corrected chi connectivity index (χ3v) is 8.76. The summed E-state index contributed by atoms with van der Waals surface area (Å²) < 4.78 is 54.5. The number of benzene rings is 3. The topological polar surface area (TPSA) is 45.5 Å². The molecule has 0 spiro atoms. The molecule has 41 heavy (non-hydrogen) atoms. The zero-order valence-corrected chi connectivity index (χ0v) is 25.0. The van der Waals surface area contributed by atoms with Gasteiger partial charge in [0.05, 0.1) is 17.2 Å². The predicted octanol–water partition coefficient (Wildman–Crippen LogP) is 9.15. The fourth-order valence-electron chi connectivity index (χ4n) is 4.68. The number of halogens is 4. The average Bonchev–Trinajstić information content (AvgIpc) is 2.94. The van der Waals surface area contributed by atoms with Gasteiger partial charge in [0.15, 0.2) is 6.61 Å². The molecule has 1 aliphatic rings. The van der Waals surface area contributed by atoms with Gasteiger partial charge in [0, 0.05) is 40.2 Å². The van der Waals surface area contributed by atoms with Gasteiger partial charge in [0.25, 0.3) is 0 Å². The van der Waals surface area contributed by atoms with Gasteiger partial charge in [-0.15, -0.1) is 11.8 Å². The SMILES string of the molecule is COc1cc(C(C)(C)C2=CC(C)C(C)=C(SCc3c(F)cc(OCC#N)cc3F)N2c2ccc(F)cc2)ccc1Cl. The van der Waals surface area contributed by atoms with Crippen molar-refractivity contribution >= 4 is 29.1 Å². The highest BCUT2D eigenvalue weighted by molar-refractivity contribution is 8.02. The van der Waals surface area contributed by atoms with E-state index in [0.717, 1.165) is 34.0 Å². The summed E-state index contributed by atoms with van der Waals surface area (Å²) in [5, 5.41) is 9.99. The highest BCUT2D eigenvalue weighted by Crippen LogP contribution is 2.48. The standard InChI is InChI=1S/C32H30ClF3N2O2S/c1-19-14-30(32(3,4)21-6-11-26(33)29(15-21)39-5)38(23-9-7-22(34)8-10-23)31(20(19)2)41-18-25-27(35)16-24(17-28(25)36)40-13-12-37/h6-11,14-17,19H,13,18H2,1-5H3. The van der Waals surface area contributed by atoms with Crippen LogP contribution in [0, 0.1) is 34.7 Å². The van der Waals surface area contributed by atoms with Crippen molar-refractivity contribution in [3.63, 3.8) is 0 Å². The van der Waals surface area contributed by atoms with Crippen LogP contribution in [-0.4, -0.2) is 13.7 Å². The normalized spacial score (nSPS) is 15.5. The Bertz CT molecular complexity index is 1520. The molecule has 1 atom stereocenters. The Kier molecular flexibility index (Phi) is 9.31. The van der Waals surface area contributed by atoms with Crippen LogP contribution in [0.5, 0.6) is 11.5 Å². The molecule has 1 aliphatic heterocycles. The second-order valence-electron chi connectivity index (χ2n) is 10.2. The van der Waals surface area contributed by atoms with Gasteiger partial charge in [-0.1, -0.05) is 44.5 Å². The molecule has 0 amide bonds. The number of nitriles is 1. The number of anilines is 1. The summed E-state index contributed by atoms with van der Waals surface area (Å²) in [6.45, 7) is 7.90. The van der Waals surface area contributed by atoms with Gasteiger partial charge in [-0.3, -0.25) is 0 Å². The average molecular weight is 599 g/mol. The van der Waals surface area contributed by atoms with Gasteiger partial charge in [-0.25, -0.2) is 13.2 Å². The van der Waals surface area contributed by atoms with E-state index in [2.05, 4.69) is 26.8 Å². The first-order chi connectivity index (χ1) is 19.5. The Labute approximate surface area is 248 Å². The molecule has 0 saturated carbocycles. The highest BCUT2D eigenvalue weighted by Gasteiger charge is 2.37. The van der Waals surface area contributed by atoms with Gasteiger partial charge >= 0.3 is 0 Å². The van der Waals surface area contributed by atoms with E-state index < -0.39 is 17.0 Å². The molecule has 0 aromatic heterocycles. The quantitative estimate of drug-likeness (QED) is 0.246. The smallest absolute Gasteiger partial charge is 0.174 e. The zero-order chi connectivity index (χ0) is 29.9. The lowest BCUT2D eigenvalue weighted by Crippen LogP contribution is -2.37. The molecule has 4 nitrogen and oxygen atoms in total. The predicted molar refractivity (Wildman–Crippen MR) is 159 cm³/mol. The van der Waals surface area contributed by atoms with E-state index in [9.17, 15) is 4.39 Å². The van der Waals surface area contributed by atoms with E-state index in [1.165, 1.54) is 23.9 Å². The maximum absolute atomic E-state index is 15.0. The van der Waals surface area contributed by atoms with Crippen LogP contribution in [0.15, 0.2) is 77.0 Å². The highest BCUT2D eigenvalue weighted by atomic mass is 35.5. The number of allylic oxidation sites excluding steroid dienone is 3. The van der Waals surface area contributed by atoms with E-state index in [1.54, 1.807) is 31.4 Å². The minimum absolute atomic E-state index is 0.00421. The number of methoxy groups -OCH3 is 1. The van der Waals surface area contributed by atoms with E-state index in [-0.39, 0.29) is 35.4 Å². The largest absolute Gasteiger partial charge is 0.495 e. The van der Waals surface area contributed by atoms with Crippen molar-refractivity contribution in [2.75, 3.05) is 18.6 Å². The van der Waals surface area contributed by atoms with Crippen molar-refractivity contribution in [1.82, 2.24) is 0 Å². The third kappa shape index (κ3) is 6.37. The Morgan fingerprint density at radius 2 is 1.71 bits per heavy atom. The van der Waals surface area contributed by atoms with Gasteiger partial charge < -0.3 is 14.4 Å². The summed E-state index contributed by atoms with van der Waals surface area (Å²) in [5.41, 5.74) is 2.88. The monoisotopic (exact) mass is 598 g/mol. The molecule has 0 fully saturated rings. The molecule has 3 aromatic carbocycles. The summed E-state index contributed by atoms with van der Waals surface area (Å²) in [6, 6.07) is 15.7. The molecule has 0 bridgehead atoms. The lowest BCUT2D eigenvalue weighted by Gasteiger charge is -2.43. The second-order valence-corrected chi connectivity index (χ2v) is 11.6. The number of ether oxygens (including phenoxy) is 2. The Hall–Kier alpha value is -3.54. The number of rotatable bonds is 9. The lowest BCUT2D eigenvalue weighted by molar-refractivity contribution is 0.362. The van der Waals surface area contributed by atoms with E-state index in [1.807, 2.05) is 24.0 Å². The molecule has 0 radical (unpaired) electrons. The summed E-state index contributed by atoms with van der Waals surface area (Å²) in [4.78, 5) is 2.03. The molecule has 1 heterocycles. The molecule has 0 N–H and O–H groups in total. The van der Waals surface area contributed by atoms with Crippen molar-refractivity contribution in [3.05, 3.63) is 111 Å². The van der Waals surface area contributed by atoms with Crippen LogP contribution in [-0.2, 0) is 11.2 Å². The van der Waals surface area contributed by atoms with Crippen LogP contribution in [0.4, 0.5) is 18.9 Å². The van der Waals surface area contributed by atoms with Gasteiger partial charge in [-0.2, -0.15) is 5.26 Å². The minimum Gasteiger partial charge on any atom is -0.495 e. The first-order valence-corrected chi connectivity index (χ1v) is 14.3. The molecule has 3 aromatic rings. The maximum Gasteiger partial charge on any atom is 0.174 e. The number of hydrogen-bond donors (Lipinski definition) is 0. The summed E-state index contributed by atoms with van der Waals surface area (Å²) in [5.74, 6) is -1.39. The van der Waals surface area contributed by atoms with Crippen molar-refractivity contribution in [2.45, 2.75) is 38.9 Å². The summed E-state index contributed by atoms with van der Waals surface area (Å²) in [6.07, 6.45) is 2.16. The van der Waals surface area contributed by atoms with E-state index in [4.69, 9.17) is 26.3 Å². The number of hydrogen-bond acceptors (Lipinski definition) is 5. The van der Waals surface area contributed by atoms with Gasteiger partial charge in [0.2, 0.25) is 0 Å². The molecule has 4 rings (SSSR count). The second kappa shape index (κ2) is 12.5. The fourth-order valence-corrected chi connectivity index (χ4v) is 6.18. The van der Waals surface area contributed by atoms with Crippen molar-refractivity contribution in [3.8, 4) is 17.6 Å². The molecule has 1 unspecified atom stereocenters. The Balaban J connectivity index is 1.77. The maximum atomic E-state index is 15.0. The third-order valence-electron chi connectivity index (χ3n) is 7.24. The molecule has 214 valence electrons. The van der Waals surface area contributed by atoms with E-state index in [0.29, 0.717) is 16.5 Å². The van der Waals surface area contributed by atoms with Gasteiger partial charge in [-0.05, 0) is 60.4 Å². The van der Waals surface area contributed by atoms with E-state index >= 15 is 8.78 Å². The van der Waals surface area contributed by atoms with Gasteiger partial charge in [0.1, 0.15) is 35.0 Å². The zero-order valence-electron chi connectivity index (χ0n) is 23.4. The summed E-state index contributed by atoms with van der Waals surface area (Å²) >= 11 is 7.62. The van der Waals surface area contributed by atoms with Crippen LogP contribution in [0.2, 0.25) is 5.02 Å². The minimum atomic E-state index is -0.759. The summed E-state index contributed by atoms with van der Waals surface area (Å²) in [7, 11) is 1.56. The van der Waals surface area contributed by atoms with Crippen molar-refractivity contribution in [1.29, 1.82) is 5.26 Å². The van der Waals surface area contributed by atoms with Crippen molar-refractivity contribution in [2.24, 2.45) is 5.92 Å².